The molecular weight excluding hydrogens is 276 g/mol. The number of hydrogen-bond donors (Lipinski definition) is 1. The Bertz CT molecular complexity index is 445. The molecule has 112 valence electrons. The number of aliphatic carboxylic acids is 1. The molecule has 1 aliphatic carbocycles. The molecule has 0 radical (unpaired) electrons. The number of carbonyl (C=O) groups is 1. The van der Waals surface area contributed by atoms with Gasteiger partial charge in [0, 0.05) is 31.5 Å². The van der Waals surface area contributed by atoms with Crippen molar-refractivity contribution >= 4 is 22.4 Å². The van der Waals surface area contributed by atoms with Crippen LogP contribution >= 0.6 is 11.3 Å². The highest BCUT2D eigenvalue weighted by Gasteiger charge is 2.33. The van der Waals surface area contributed by atoms with Crippen LogP contribution in [0.1, 0.15) is 31.9 Å². The summed E-state index contributed by atoms with van der Waals surface area (Å²) in [5.74, 6) is -0.0136. The molecule has 2 rings (SSSR count). The van der Waals surface area contributed by atoms with E-state index in [-0.39, 0.29) is 6.42 Å². The molecule has 1 atom stereocenters. The highest BCUT2D eigenvalue weighted by Crippen LogP contribution is 2.37. The van der Waals surface area contributed by atoms with E-state index in [1.165, 1.54) is 12.8 Å². The van der Waals surface area contributed by atoms with Crippen LogP contribution in [0.3, 0.4) is 0 Å². The number of carboxylic acid groups (broad SMARTS) is 1. The number of nitrogens with zero attached hydrogens (tertiary/aromatic N) is 2. The smallest absolute Gasteiger partial charge is 0.303 e. The summed E-state index contributed by atoms with van der Waals surface area (Å²) in [6, 6.07) is 0.476. The first-order chi connectivity index (χ1) is 9.61. The van der Waals surface area contributed by atoms with Gasteiger partial charge in [-0.1, -0.05) is 0 Å². The summed E-state index contributed by atoms with van der Waals surface area (Å²) in [5, 5.41) is 11.7. The Morgan fingerprint density at radius 2 is 2.40 bits per heavy atom. The number of aryl methyl sites for hydroxylation is 1. The van der Waals surface area contributed by atoms with E-state index in [4.69, 9.17) is 9.84 Å². The molecule has 1 aromatic rings. The van der Waals surface area contributed by atoms with Gasteiger partial charge in [-0.25, -0.2) is 4.98 Å². The topological polar surface area (TPSA) is 62.7 Å². The minimum atomic E-state index is -0.776. The van der Waals surface area contributed by atoms with Crippen molar-refractivity contribution in [1.82, 2.24) is 4.98 Å². The maximum atomic E-state index is 10.6. The monoisotopic (exact) mass is 298 g/mol. The van der Waals surface area contributed by atoms with Crippen molar-refractivity contribution in [1.29, 1.82) is 0 Å². The summed E-state index contributed by atoms with van der Waals surface area (Å²) in [7, 11) is 1.71. The second-order valence-corrected chi connectivity index (χ2v) is 6.12. The van der Waals surface area contributed by atoms with Gasteiger partial charge in [0.15, 0.2) is 5.13 Å². The van der Waals surface area contributed by atoms with Crippen molar-refractivity contribution in [2.75, 3.05) is 25.2 Å². The lowest BCUT2D eigenvalue weighted by molar-refractivity contribution is -0.136. The Balaban J connectivity index is 2.01. The van der Waals surface area contributed by atoms with Gasteiger partial charge in [0.2, 0.25) is 0 Å². The van der Waals surface area contributed by atoms with Gasteiger partial charge in [-0.15, -0.1) is 11.3 Å². The van der Waals surface area contributed by atoms with Crippen LogP contribution in [0.4, 0.5) is 5.13 Å². The first-order valence-electron chi connectivity index (χ1n) is 7.03. The van der Waals surface area contributed by atoms with Crippen molar-refractivity contribution in [2.45, 2.75) is 38.6 Å². The lowest BCUT2D eigenvalue weighted by atomic mass is 10.2. The number of anilines is 1. The highest BCUT2D eigenvalue weighted by molar-refractivity contribution is 7.13. The molecule has 0 aromatic carbocycles. The maximum Gasteiger partial charge on any atom is 0.303 e. The number of ether oxygens (including phenoxy) is 1. The van der Waals surface area contributed by atoms with E-state index in [2.05, 4.69) is 16.8 Å². The Morgan fingerprint density at radius 3 is 3.00 bits per heavy atom. The summed E-state index contributed by atoms with van der Waals surface area (Å²) in [6.07, 6.45) is 3.23. The van der Waals surface area contributed by atoms with Crippen LogP contribution in [0.15, 0.2) is 5.38 Å². The molecule has 1 heterocycles. The van der Waals surface area contributed by atoms with Crippen molar-refractivity contribution in [3.8, 4) is 0 Å². The molecule has 1 unspecified atom stereocenters. The van der Waals surface area contributed by atoms with E-state index in [1.54, 1.807) is 18.4 Å². The minimum Gasteiger partial charge on any atom is -0.481 e. The van der Waals surface area contributed by atoms with Gasteiger partial charge in [-0.2, -0.15) is 0 Å². The fourth-order valence-electron chi connectivity index (χ4n) is 2.27. The zero-order chi connectivity index (χ0) is 14.5. The first-order valence-corrected chi connectivity index (χ1v) is 7.91. The number of rotatable bonds is 9. The third-order valence-corrected chi connectivity index (χ3v) is 4.64. The van der Waals surface area contributed by atoms with Gasteiger partial charge in [-0.3, -0.25) is 4.79 Å². The SMILES string of the molecule is COCCN(c1nc(CCC(=O)O)cs1)C(C)C1CC1. The summed E-state index contributed by atoms with van der Waals surface area (Å²) < 4.78 is 5.19. The molecule has 1 aromatic heterocycles. The number of thiazole rings is 1. The average molecular weight is 298 g/mol. The van der Waals surface area contributed by atoms with E-state index >= 15 is 0 Å². The molecular formula is C14H22N2O3S. The Labute approximate surface area is 123 Å². The Morgan fingerprint density at radius 1 is 1.65 bits per heavy atom. The Hall–Kier alpha value is -1.14. The standard InChI is InChI=1S/C14H22N2O3S/c1-10(11-3-4-11)16(7-8-19-2)14-15-12(9-20-14)5-6-13(17)18/h9-11H,3-8H2,1-2H3,(H,17,18). The van der Waals surface area contributed by atoms with Crippen molar-refractivity contribution < 1.29 is 14.6 Å². The first kappa shape index (κ1) is 15.3. The largest absolute Gasteiger partial charge is 0.481 e. The third-order valence-electron chi connectivity index (χ3n) is 3.71. The molecule has 5 nitrogen and oxygen atoms in total. The van der Waals surface area contributed by atoms with Crippen LogP contribution in [-0.2, 0) is 16.0 Å². The fraction of sp³-hybridized carbons (Fsp3) is 0.714. The molecule has 0 saturated heterocycles. The van der Waals surface area contributed by atoms with E-state index in [0.717, 1.165) is 23.3 Å². The fourth-order valence-corrected chi connectivity index (χ4v) is 3.25. The second-order valence-electron chi connectivity index (χ2n) is 5.28. The van der Waals surface area contributed by atoms with Gasteiger partial charge in [-0.05, 0) is 25.7 Å². The molecule has 0 amide bonds. The van der Waals surface area contributed by atoms with Crippen LogP contribution in [0.25, 0.3) is 0 Å². The molecule has 0 aliphatic heterocycles. The summed E-state index contributed by atoms with van der Waals surface area (Å²) in [6.45, 7) is 3.76. The third kappa shape index (κ3) is 4.18. The van der Waals surface area contributed by atoms with E-state index in [0.29, 0.717) is 19.1 Å². The highest BCUT2D eigenvalue weighted by atomic mass is 32.1. The molecule has 1 saturated carbocycles. The summed E-state index contributed by atoms with van der Waals surface area (Å²) >= 11 is 1.60. The van der Waals surface area contributed by atoms with Gasteiger partial charge >= 0.3 is 5.97 Å². The van der Waals surface area contributed by atoms with Crippen LogP contribution in [0, 0.1) is 5.92 Å². The van der Waals surface area contributed by atoms with Gasteiger partial charge < -0.3 is 14.7 Å². The van der Waals surface area contributed by atoms with Gasteiger partial charge in [0.05, 0.1) is 18.7 Å². The van der Waals surface area contributed by atoms with Crippen molar-refractivity contribution in [2.24, 2.45) is 5.92 Å². The second kappa shape index (κ2) is 7.04. The van der Waals surface area contributed by atoms with E-state index < -0.39 is 5.97 Å². The number of aromatic nitrogens is 1. The molecule has 6 heteroatoms. The molecule has 1 aliphatic rings. The van der Waals surface area contributed by atoms with Crippen LogP contribution in [-0.4, -0.2) is 42.4 Å². The van der Waals surface area contributed by atoms with Crippen LogP contribution in [0.2, 0.25) is 0 Å². The number of carboxylic acids is 1. The van der Waals surface area contributed by atoms with Crippen LogP contribution in [0.5, 0.6) is 0 Å². The van der Waals surface area contributed by atoms with Crippen molar-refractivity contribution in [3.63, 3.8) is 0 Å². The maximum absolute atomic E-state index is 10.6. The molecule has 1 N–H and O–H groups in total. The van der Waals surface area contributed by atoms with Gasteiger partial charge in [0.1, 0.15) is 0 Å². The predicted molar refractivity (Wildman–Crippen MR) is 79.5 cm³/mol. The Kier molecular flexibility index (Phi) is 5.37. The van der Waals surface area contributed by atoms with Gasteiger partial charge in [0.25, 0.3) is 0 Å². The summed E-state index contributed by atoms with van der Waals surface area (Å²) in [5.41, 5.74) is 0.873. The van der Waals surface area contributed by atoms with Crippen LogP contribution < -0.4 is 4.90 Å². The zero-order valence-electron chi connectivity index (χ0n) is 12.0. The number of hydrogen-bond acceptors (Lipinski definition) is 5. The number of methoxy groups -OCH3 is 1. The van der Waals surface area contributed by atoms with Crippen molar-refractivity contribution in [3.05, 3.63) is 11.1 Å². The zero-order valence-corrected chi connectivity index (χ0v) is 12.9. The predicted octanol–water partition coefficient (Wildman–Crippen LogP) is 2.41. The molecule has 20 heavy (non-hydrogen) atoms. The molecule has 0 spiro atoms. The minimum absolute atomic E-state index is 0.138. The average Bonchev–Trinajstić information content (AvgIpc) is 3.17. The summed E-state index contributed by atoms with van der Waals surface area (Å²) in [4.78, 5) is 17.5. The quantitative estimate of drug-likeness (QED) is 0.758. The normalized spacial score (nSPS) is 16.1. The lowest BCUT2D eigenvalue weighted by Gasteiger charge is -2.28. The lowest BCUT2D eigenvalue weighted by Crippen LogP contribution is -2.37. The molecule has 1 fully saturated rings. The van der Waals surface area contributed by atoms with E-state index in [9.17, 15) is 4.79 Å². The van der Waals surface area contributed by atoms with E-state index in [1.807, 2.05) is 5.38 Å². The molecule has 0 bridgehead atoms.